The summed E-state index contributed by atoms with van der Waals surface area (Å²) in [4.78, 5) is 34.6. The Hall–Kier alpha value is -1.85. The standard InChI is InChI=1S/C15H25NO5/c1-5-6-7-8-11(14(18)19)9-12(17)16-13(10(2)3)15(20)21-4/h5,10-11,13H,1,6-9H2,2-4H3,(H,16,17)(H,18,19)/t11-,13+/m1/s1. The molecule has 21 heavy (non-hydrogen) atoms. The highest BCUT2D eigenvalue weighted by molar-refractivity contribution is 5.87. The van der Waals surface area contributed by atoms with E-state index in [-0.39, 0.29) is 12.3 Å². The molecule has 0 radical (unpaired) electrons. The van der Waals surface area contributed by atoms with Gasteiger partial charge < -0.3 is 15.2 Å². The number of amides is 1. The zero-order valence-electron chi connectivity index (χ0n) is 12.9. The monoisotopic (exact) mass is 299 g/mol. The van der Waals surface area contributed by atoms with Gasteiger partial charge in [-0.25, -0.2) is 4.79 Å². The summed E-state index contributed by atoms with van der Waals surface area (Å²) in [5, 5.41) is 11.7. The maximum absolute atomic E-state index is 11.9. The summed E-state index contributed by atoms with van der Waals surface area (Å²) in [5.74, 6) is -2.88. The highest BCUT2D eigenvalue weighted by Gasteiger charge is 2.27. The zero-order chi connectivity index (χ0) is 16.4. The predicted molar refractivity (Wildman–Crippen MR) is 78.6 cm³/mol. The summed E-state index contributed by atoms with van der Waals surface area (Å²) in [6.45, 7) is 7.13. The van der Waals surface area contributed by atoms with Gasteiger partial charge in [-0.3, -0.25) is 9.59 Å². The highest BCUT2D eigenvalue weighted by atomic mass is 16.5. The molecule has 0 aliphatic carbocycles. The van der Waals surface area contributed by atoms with Crippen LogP contribution < -0.4 is 5.32 Å². The van der Waals surface area contributed by atoms with Gasteiger partial charge in [0, 0.05) is 6.42 Å². The van der Waals surface area contributed by atoms with Crippen LogP contribution in [0.2, 0.25) is 0 Å². The highest BCUT2D eigenvalue weighted by Crippen LogP contribution is 2.14. The van der Waals surface area contributed by atoms with Crippen molar-refractivity contribution in [3.05, 3.63) is 12.7 Å². The first-order valence-corrected chi connectivity index (χ1v) is 7.04. The van der Waals surface area contributed by atoms with E-state index in [1.807, 2.05) is 0 Å². The lowest BCUT2D eigenvalue weighted by Crippen LogP contribution is -2.45. The van der Waals surface area contributed by atoms with E-state index in [0.717, 1.165) is 0 Å². The van der Waals surface area contributed by atoms with Gasteiger partial charge in [0.15, 0.2) is 0 Å². The van der Waals surface area contributed by atoms with Gasteiger partial charge in [0.1, 0.15) is 6.04 Å². The maximum atomic E-state index is 11.9. The molecule has 0 saturated carbocycles. The van der Waals surface area contributed by atoms with Crippen molar-refractivity contribution in [1.29, 1.82) is 0 Å². The molecule has 0 aliphatic heterocycles. The van der Waals surface area contributed by atoms with Gasteiger partial charge in [0.25, 0.3) is 0 Å². The summed E-state index contributed by atoms with van der Waals surface area (Å²) in [5.41, 5.74) is 0. The molecule has 0 heterocycles. The fourth-order valence-electron chi connectivity index (χ4n) is 1.90. The fourth-order valence-corrected chi connectivity index (χ4v) is 1.90. The third kappa shape index (κ3) is 7.48. The summed E-state index contributed by atoms with van der Waals surface area (Å²) < 4.78 is 4.63. The molecule has 2 N–H and O–H groups in total. The minimum atomic E-state index is -1.01. The van der Waals surface area contributed by atoms with E-state index in [2.05, 4.69) is 16.6 Å². The Morgan fingerprint density at radius 2 is 1.95 bits per heavy atom. The molecular formula is C15H25NO5. The number of hydrogen-bond acceptors (Lipinski definition) is 4. The third-order valence-electron chi connectivity index (χ3n) is 3.18. The second kappa shape index (κ2) is 9.96. The van der Waals surface area contributed by atoms with Crippen molar-refractivity contribution in [3.8, 4) is 0 Å². The predicted octanol–water partition coefficient (Wildman–Crippen LogP) is 1.75. The number of methoxy groups -OCH3 is 1. The Morgan fingerprint density at radius 1 is 1.33 bits per heavy atom. The number of ether oxygens (including phenoxy) is 1. The van der Waals surface area contributed by atoms with Gasteiger partial charge in [-0.2, -0.15) is 0 Å². The zero-order valence-corrected chi connectivity index (χ0v) is 12.9. The minimum absolute atomic E-state index is 0.134. The molecule has 2 atom stereocenters. The fraction of sp³-hybridized carbons (Fsp3) is 0.667. The molecule has 0 saturated heterocycles. The summed E-state index contributed by atoms with van der Waals surface area (Å²) in [6.07, 6.45) is 3.34. The first-order valence-electron chi connectivity index (χ1n) is 7.04. The van der Waals surface area contributed by atoms with Gasteiger partial charge in [-0.15, -0.1) is 6.58 Å². The number of aliphatic carboxylic acids is 1. The normalized spacial score (nSPS) is 13.3. The molecule has 6 nitrogen and oxygen atoms in total. The van der Waals surface area contributed by atoms with Crippen molar-refractivity contribution >= 4 is 17.8 Å². The maximum Gasteiger partial charge on any atom is 0.328 e. The van der Waals surface area contributed by atoms with E-state index in [4.69, 9.17) is 5.11 Å². The van der Waals surface area contributed by atoms with Crippen molar-refractivity contribution in [1.82, 2.24) is 5.32 Å². The SMILES string of the molecule is C=CCCC[C@H](CC(=O)N[C@H](C(=O)OC)C(C)C)C(=O)O. The van der Waals surface area contributed by atoms with Crippen LogP contribution in [0.3, 0.4) is 0 Å². The van der Waals surface area contributed by atoms with E-state index in [1.54, 1.807) is 19.9 Å². The first kappa shape index (κ1) is 19.1. The van der Waals surface area contributed by atoms with Crippen LogP contribution in [-0.4, -0.2) is 36.1 Å². The number of carbonyl (C=O) groups excluding carboxylic acids is 2. The van der Waals surface area contributed by atoms with E-state index < -0.39 is 29.8 Å². The molecule has 0 aromatic carbocycles. The van der Waals surface area contributed by atoms with Crippen LogP contribution >= 0.6 is 0 Å². The van der Waals surface area contributed by atoms with Gasteiger partial charge >= 0.3 is 11.9 Å². The Bertz CT molecular complexity index is 378. The Kier molecular flexibility index (Phi) is 9.08. The van der Waals surface area contributed by atoms with Gasteiger partial charge in [0.2, 0.25) is 5.91 Å². The van der Waals surface area contributed by atoms with Crippen molar-refractivity contribution in [3.63, 3.8) is 0 Å². The molecule has 0 aliphatic rings. The van der Waals surface area contributed by atoms with E-state index in [9.17, 15) is 14.4 Å². The Balaban J connectivity index is 4.56. The lowest BCUT2D eigenvalue weighted by molar-refractivity contribution is -0.147. The number of carboxylic acid groups (broad SMARTS) is 1. The van der Waals surface area contributed by atoms with Crippen LogP contribution in [0.5, 0.6) is 0 Å². The molecule has 120 valence electrons. The average Bonchev–Trinajstić information content (AvgIpc) is 2.42. The molecule has 1 amide bonds. The molecule has 0 aromatic rings. The van der Waals surface area contributed by atoms with Gasteiger partial charge in [-0.1, -0.05) is 19.9 Å². The van der Waals surface area contributed by atoms with Crippen molar-refractivity contribution in [2.75, 3.05) is 7.11 Å². The molecular weight excluding hydrogens is 274 g/mol. The van der Waals surface area contributed by atoms with E-state index in [1.165, 1.54) is 7.11 Å². The molecule has 0 fully saturated rings. The van der Waals surface area contributed by atoms with Crippen LogP contribution in [0.1, 0.15) is 39.5 Å². The number of rotatable bonds is 10. The first-order chi connectivity index (χ1) is 9.83. The molecule has 0 bridgehead atoms. The number of carboxylic acids is 1. The van der Waals surface area contributed by atoms with Crippen LogP contribution in [0, 0.1) is 11.8 Å². The number of unbranched alkanes of at least 4 members (excludes halogenated alkanes) is 1. The quantitative estimate of drug-likeness (QED) is 0.364. The van der Waals surface area contributed by atoms with Crippen LogP contribution in [0.25, 0.3) is 0 Å². The summed E-state index contributed by atoms with van der Waals surface area (Å²) in [7, 11) is 1.25. The van der Waals surface area contributed by atoms with Crippen molar-refractivity contribution < 1.29 is 24.2 Å². The van der Waals surface area contributed by atoms with Gasteiger partial charge in [0.05, 0.1) is 13.0 Å². The van der Waals surface area contributed by atoms with Crippen molar-refractivity contribution in [2.24, 2.45) is 11.8 Å². The average molecular weight is 299 g/mol. The minimum Gasteiger partial charge on any atom is -0.481 e. The van der Waals surface area contributed by atoms with Crippen LogP contribution in [0.4, 0.5) is 0 Å². The Labute approximate surface area is 125 Å². The van der Waals surface area contributed by atoms with Crippen molar-refractivity contribution in [2.45, 2.75) is 45.6 Å². The number of hydrogen-bond donors (Lipinski definition) is 2. The number of carbonyl (C=O) groups is 3. The van der Waals surface area contributed by atoms with Crippen LogP contribution in [0.15, 0.2) is 12.7 Å². The number of allylic oxidation sites excluding steroid dienone is 1. The van der Waals surface area contributed by atoms with E-state index >= 15 is 0 Å². The molecule has 0 aromatic heterocycles. The Morgan fingerprint density at radius 3 is 2.38 bits per heavy atom. The lowest BCUT2D eigenvalue weighted by atomic mass is 9.97. The largest absolute Gasteiger partial charge is 0.481 e. The van der Waals surface area contributed by atoms with Crippen LogP contribution in [-0.2, 0) is 19.1 Å². The topological polar surface area (TPSA) is 92.7 Å². The lowest BCUT2D eigenvalue weighted by Gasteiger charge is -2.21. The summed E-state index contributed by atoms with van der Waals surface area (Å²) >= 11 is 0. The summed E-state index contributed by atoms with van der Waals surface area (Å²) in [6, 6.07) is -0.759. The second-order valence-electron chi connectivity index (χ2n) is 5.27. The smallest absolute Gasteiger partial charge is 0.328 e. The van der Waals surface area contributed by atoms with E-state index in [0.29, 0.717) is 19.3 Å². The molecule has 0 rings (SSSR count). The molecule has 0 spiro atoms. The third-order valence-corrected chi connectivity index (χ3v) is 3.18. The number of nitrogens with one attached hydrogen (secondary N) is 1. The second-order valence-corrected chi connectivity index (χ2v) is 5.27. The molecule has 6 heteroatoms. The van der Waals surface area contributed by atoms with Gasteiger partial charge in [-0.05, 0) is 25.2 Å². The molecule has 0 unspecified atom stereocenters. The number of esters is 1.